The van der Waals surface area contributed by atoms with E-state index in [0.29, 0.717) is 5.13 Å². The number of rotatable bonds is 7. The van der Waals surface area contributed by atoms with Gasteiger partial charge in [-0.2, -0.15) is 0 Å². The normalized spacial score (nSPS) is 11.6. The number of nitrogens with one attached hydrogen (secondary N) is 1. The van der Waals surface area contributed by atoms with Gasteiger partial charge in [-0.05, 0) is 31.2 Å². The van der Waals surface area contributed by atoms with Gasteiger partial charge in [0.05, 0.1) is 11.4 Å². The predicted octanol–water partition coefficient (Wildman–Crippen LogP) is 4.61. The molecule has 3 aromatic rings. The lowest BCUT2D eigenvalue weighted by atomic mass is 10.2. The first-order valence-corrected chi connectivity index (χ1v) is 10.3. The van der Waals surface area contributed by atoms with Crippen LogP contribution < -0.4 is 5.32 Å². The van der Waals surface area contributed by atoms with Crippen molar-refractivity contribution in [3.63, 3.8) is 0 Å². The standard InChI is InChI=1S/C20H17FN2O3S2/c1-13(26-18(24)12-27-16-9-7-15(21)8-10-16)19(25)23-20-22-17(11-28-20)14-5-3-2-4-6-14/h2-11,13H,12H2,1H3,(H,22,23,25). The molecule has 144 valence electrons. The smallest absolute Gasteiger partial charge is 0.317 e. The Balaban J connectivity index is 1.48. The van der Waals surface area contributed by atoms with Crippen LogP contribution in [0.1, 0.15) is 6.92 Å². The van der Waals surface area contributed by atoms with Gasteiger partial charge in [0.2, 0.25) is 0 Å². The number of benzene rings is 2. The predicted molar refractivity (Wildman–Crippen MR) is 109 cm³/mol. The summed E-state index contributed by atoms with van der Waals surface area (Å²) in [5.74, 6) is -1.29. The fourth-order valence-corrected chi connectivity index (χ4v) is 3.64. The number of ether oxygens (including phenoxy) is 1. The van der Waals surface area contributed by atoms with Gasteiger partial charge in [0, 0.05) is 15.8 Å². The number of aromatic nitrogens is 1. The van der Waals surface area contributed by atoms with E-state index < -0.39 is 18.0 Å². The average Bonchev–Trinajstić information content (AvgIpc) is 3.16. The molecule has 0 radical (unpaired) electrons. The number of hydrogen-bond acceptors (Lipinski definition) is 6. The highest BCUT2D eigenvalue weighted by Crippen LogP contribution is 2.25. The van der Waals surface area contributed by atoms with Gasteiger partial charge in [-0.25, -0.2) is 9.37 Å². The van der Waals surface area contributed by atoms with Crippen LogP contribution in [0.3, 0.4) is 0 Å². The number of carbonyl (C=O) groups excluding carboxylic acids is 2. The van der Waals surface area contributed by atoms with Crippen LogP contribution >= 0.6 is 23.1 Å². The highest BCUT2D eigenvalue weighted by atomic mass is 32.2. The molecule has 28 heavy (non-hydrogen) atoms. The van der Waals surface area contributed by atoms with Crippen molar-refractivity contribution >= 4 is 40.1 Å². The zero-order valence-corrected chi connectivity index (χ0v) is 16.6. The molecule has 5 nitrogen and oxygen atoms in total. The van der Waals surface area contributed by atoms with Crippen LogP contribution in [0.4, 0.5) is 9.52 Å². The largest absolute Gasteiger partial charge is 0.452 e. The van der Waals surface area contributed by atoms with Crippen molar-refractivity contribution < 1.29 is 18.7 Å². The Kier molecular flexibility index (Phi) is 6.78. The van der Waals surface area contributed by atoms with E-state index in [9.17, 15) is 14.0 Å². The summed E-state index contributed by atoms with van der Waals surface area (Å²) in [7, 11) is 0. The molecule has 0 aliphatic carbocycles. The number of thioether (sulfide) groups is 1. The molecule has 0 aliphatic rings. The molecule has 0 fully saturated rings. The van der Waals surface area contributed by atoms with E-state index in [4.69, 9.17) is 4.74 Å². The average molecular weight is 416 g/mol. The second-order valence-corrected chi connectivity index (χ2v) is 7.67. The van der Waals surface area contributed by atoms with E-state index in [-0.39, 0.29) is 11.6 Å². The zero-order valence-electron chi connectivity index (χ0n) is 14.9. The van der Waals surface area contributed by atoms with Gasteiger partial charge in [0.1, 0.15) is 5.82 Å². The summed E-state index contributed by atoms with van der Waals surface area (Å²) >= 11 is 2.51. The van der Waals surface area contributed by atoms with Gasteiger partial charge in [0.25, 0.3) is 5.91 Å². The highest BCUT2D eigenvalue weighted by Gasteiger charge is 2.19. The molecule has 1 atom stereocenters. The lowest BCUT2D eigenvalue weighted by molar-refractivity contribution is -0.150. The number of halogens is 1. The van der Waals surface area contributed by atoms with E-state index in [1.54, 1.807) is 12.1 Å². The summed E-state index contributed by atoms with van der Waals surface area (Å²) < 4.78 is 18.0. The molecule has 1 aromatic heterocycles. The first-order valence-electron chi connectivity index (χ1n) is 8.41. The van der Waals surface area contributed by atoms with E-state index >= 15 is 0 Å². The van der Waals surface area contributed by atoms with Gasteiger partial charge < -0.3 is 4.74 Å². The van der Waals surface area contributed by atoms with Crippen molar-refractivity contribution in [2.24, 2.45) is 0 Å². The number of anilines is 1. The fourth-order valence-electron chi connectivity index (χ4n) is 2.24. The number of hydrogen-bond donors (Lipinski definition) is 1. The van der Waals surface area contributed by atoms with Crippen molar-refractivity contribution in [2.45, 2.75) is 17.9 Å². The Labute approximate surface area is 170 Å². The molecular weight excluding hydrogens is 399 g/mol. The summed E-state index contributed by atoms with van der Waals surface area (Å²) in [6.07, 6.45) is -0.953. The van der Waals surface area contributed by atoms with Crippen LogP contribution in [-0.4, -0.2) is 28.7 Å². The van der Waals surface area contributed by atoms with Gasteiger partial charge in [-0.15, -0.1) is 23.1 Å². The molecule has 2 aromatic carbocycles. The number of carbonyl (C=O) groups is 2. The SMILES string of the molecule is CC(OC(=O)CSc1ccc(F)cc1)C(=O)Nc1nc(-c2ccccc2)cs1. The minimum Gasteiger partial charge on any atom is -0.452 e. The quantitative estimate of drug-likeness (QED) is 0.450. The summed E-state index contributed by atoms with van der Waals surface area (Å²) in [4.78, 5) is 29.3. The van der Waals surface area contributed by atoms with Gasteiger partial charge in [0.15, 0.2) is 11.2 Å². The number of nitrogens with zero attached hydrogens (tertiary/aromatic N) is 1. The third-order valence-electron chi connectivity index (χ3n) is 3.65. The number of esters is 1. The second-order valence-electron chi connectivity index (χ2n) is 5.77. The van der Waals surface area contributed by atoms with Crippen LogP contribution in [0.25, 0.3) is 11.3 Å². The molecule has 8 heteroatoms. The lowest BCUT2D eigenvalue weighted by Crippen LogP contribution is -2.30. The second kappa shape index (κ2) is 9.48. The minimum absolute atomic E-state index is 0.0264. The van der Waals surface area contributed by atoms with Crippen molar-refractivity contribution in [3.8, 4) is 11.3 Å². The van der Waals surface area contributed by atoms with Crippen molar-refractivity contribution in [2.75, 3.05) is 11.1 Å². The Bertz CT molecular complexity index is 946. The Morgan fingerprint density at radius 3 is 2.61 bits per heavy atom. The van der Waals surface area contributed by atoms with Crippen molar-refractivity contribution in [1.29, 1.82) is 0 Å². The minimum atomic E-state index is -0.953. The van der Waals surface area contributed by atoms with Gasteiger partial charge >= 0.3 is 5.97 Å². The first-order chi connectivity index (χ1) is 13.5. The third kappa shape index (κ3) is 5.64. The van der Waals surface area contributed by atoms with E-state index in [1.165, 1.54) is 42.2 Å². The topological polar surface area (TPSA) is 68.3 Å². The Morgan fingerprint density at radius 2 is 1.89 bits per heavy atom. The molecule has 1 amide bonds. The molecule has 1 heterocycles. The molecule has 1 N–H and O–H groups in total. The highest BCUT2D eigenvalue weighted by molar-refractivity contribution is 8.00. The molecule has 0 aliphatic heterocycles. The van der Waals surface area contributed by atoms with E-state index in [2.05, 4.69) is 10.3 Å². The number of amides is 1. The monoisotopic (exact) mass is 416 g/mol. The van der Waals surface area contributed by atoms with Crippen molar-refractivity contribution in [3.05, 3.63) is 65.8 Å². The van der Waals surface area contributed by atoms with Crippen LogP contribution in [0, 0.1) is 5.82 Å². The van der Waals surface area contributed by atoms with Crippen LogP contribution in [-0.2, 0) is 14.3 Å². The maximum atomic E-state index is 12.9. The molecule has 0 saturated heterocycles. The Morgan fingerprint density at radius 1 is 1.18 bits per heavy atom. The van der Waals surface area contributed by atoms with Crippen LogP contribution in [0.15, 0.2) is 64.9 Å². The van der Waals surface area contributed by atoms with Crippen LogP contribution in [0.2, 0.25) is 0 Å². The molecule has 3 rings (SSSR count). The lowest BCUT2D eigenvalue weighted by Gasteiger charge is -2.12. The molecule has 0 spiro atoms. The zero-order chi connectivity index (χ0) is 19.9. The maximum Gasteiger partial charge on any atom is 0.317 e. The van der Waals surface area contributed by atoms with Gasteiger partial charge in [-0.1, -0.05) is 30.3 Å². The molecular formula is C20H17FN2O3S2. The molecule has 0 bridgehead atoms. The summed E-state index contributed by atoms with van der Waals surface area (Å²) in [5, 5.41) is 4.95. The molecule has 1 unspecified atom stereocenters. The first kappa shape index (κ1) is 20.0. The Hall–Kier alpha value is -2.71. The van der Waals surface area contributed by atoms with E-state index in [1.807, 2.05) is 35.7 Å². The third-order valence-corrected chi connectivity index (χ3v) is 5.39. The van der Waals surface area contributed by atoms with E-state index in [0.717, 1.165) is 16.2 Å². The molecule has 0 saturated carbocycles. The van der Waals surface area contributed by atoms with Crippen molar-refractivity contribution in [1.82, 2.24) is 4.98 Å². The maximum absolute atomic E-state index is 12.9. The summed E-state index contributed by atoms with van der Waals surface area (Å²) in [5.41, 5.74) is 1.72. The van der Waals surface area contributed by atoms with Gasteiger partial charge in [-0.3, -0.25) is 14.9 Å². The number of thiazole rings is 1. The van der Waals surface area contributed by atoms with Crippen LogP contribution in [0.5, 0.6) is 0 Å². The summed E-state index contributed by atoms with van der Waals surface area (Å²) in [6.45, 7) is 1.50. The summed E-state index contributed by atoms with van der Waals surface area (Å²) in [6, 6.07) is 15.4. The fraction of sp³-hybridized carbons (Fsp3) is 0.150.